The highest BCUT2D eigenvalue weighted by Crippen LogP contribution is 2.27. The fourth-order valence-corrected chi connectivity index (χ4v) is 3.68. The summed E-state index contributed by atoms with van der Waals surface area (Å²) < 4.78 is 14.5. The number of aryl methyl sites for hydroxylation is 1. The molecule has 0 aliphatic heterocycles. The Morgan fingerprint density at radius 2 is 2.00 bits per heavy atom. The van der Waals surface area contributed by atoms with Crippen LogP contribution in [0.5, 0.6) is 0 Å². The minimum absolute atomic E-state index is 0.0363. The van der Waals surface area contributed by atoms with E-state index < -0.39 is 17.2 Å². The Hall–Kier alpha value is -3.10. The summed E-state index contributed by atoms with van der Waals surface area (Å²) in [6.45, 7) is 2.01. The minimum atomic E-state index is -0.601. The lowest BCUT2D eigenvalue weighted by molar-refractivity contribution is 0.0949. The first-order valence-corrected chi connectivity index (χ1v) is 9.80. The van der Waals surface area contributed by atoms with Crippen LogP contribution < -0.4 is 10.7 Å². The molecular formula is C20H14ClFN4O2S. The van der Waals surface area contributed by atoms with Crippen LogP contribution in [0, 0.1) is 12.7 Å². The van der Waals surface area contributed by atoms with E-state index in [4.69, 9.17) is 11.6 Å². The topological polar surface area (TPSA) is 87.7 Å². The number of aromatic amines is 1. The predicted molar refractivity (Wildman–Crippen MR) is 111 cm³/mol. The maximum absolute atomic E-state index is 14.5. The number of pyridine rings is 1. The Bertz CT molecular complexity index is 1280. The summed E-state index contributed by atoms with van der Waals surface area (Å²) in [4.78, 5) is 28.1. The standard InChI is InChI=1S/C20H14ClFN4O2S/c1-10-25-26-20(29-10)12-6-14-17(16(22)7-12)23-9-15(18(14)27)19(28)24-8-11-2-4-13(21)5-3-11/h2-7,9H,8H2,1H3,(H,23,27)(H,24,28). The molecule has 9 heteroatoms. The maximum Gasteiger partial charge on any atom is 0.257 e. The lowest BCUT2D eigenvalue weighted by Crippen LogP contribution is -2.28. The molecule has 0 bridgehead atoms. The van der Waals surface area contributed by atoms with Gasteiger partial charge in [0.2, 0.25) is 5.43 Å². The van der Waals surface area contributed by atoms with E-state index >= 15 is 0 Å². The van der Waals surface area contributed by atoms with Gasteiger partial charge in [0.1, 0.15) is 21.4 Å². The van der Waals surface area contributed by atoms with Gasteiger partial charge >= 0.3 is 0 Å². The van der Waals surface area contributed by atoms with E-state index in [1.807, 2.05) is 0 Å². The number of H-pyrrole nitrogens is 1. The lowest BCUT2D eigenvalue weighted by Gasteiger charge is -2.08. The molecule has 0 aliphatic carbocycles. The highest BCUT2D eigenvalue weighted by atomic mass is 35.5. The molecule has 0 fully saturated rings. The second-order valence-electron chi connectivity index (χ2n) is 6.35. The van der Waals surface area contributed by atoms with Crippen LogP contribution in [0.1, 0.15) is 20.9 Å². The number of nitrogens with zero attached hydrogens (tertiary/aromatic N) is 2. The fourth-order valence-electron chi connectivity index (χ4n) is 2.87. The summed E-state index contributed by atoms with van der Waals surface area (Å²) in [5.74, 6) is -1.16. The van der Waals surface area contributed by atoms with Crippen molar-refractivity contribution in [3.05, 3.63) is 79.8 Å². The molecule has 29 heavy (non-hydrogen) atoms. The quantitative estimate of drug-likeness (QED) is 0.512. The van der Waals surface area contributed by atoms with Gasteiger partial charge in [-0.25, -0.2) is 4.39 Å². The molecule has 0 radical (unpaired) electrons. The maximum atomic E-state index is 14.5. The van der Waals surface area contributed by atoms with Gasteiger partial charge in [-0.1, -0.05) is 35.1 Å². The third kappa shape index (κ3) is 3.90. The number of rotatable bonds is 4. The average Bonchev–Trinajstić information content (AvgIpc) is 3.14. The van der Waals surface area contributed by atoms with Crippen molar-refractivity contribution in [3.63, 3.8) is 0 Å². The zero-order valence-electron chi connectivity index (χ0n) is 15.1. The van der Waals surface area contributed by atoms with Crippen molar-refractivity contribution in [1.29, 1.82) is 0 Å². The second kappa shape index (κ2) is 7.73. The molecule has 2 heterocycles. The van der Waals surface area contributed by atoms with Crippen LogP contribution in [-0.2, 0) is 6.54 Å². The number of halogens is 2. The van der Waals surface area contributed by atoms with Crippen molar-refractivity contribution >= 4 is 39.7 Å². The Labute approximate surface area is 173 Å². The number of amides is 1. The van der Waals surface area contributed by atoms with E-state index in [-0.39, 0.29) is 23.0 Å². The summed E-state index contributed by atoms with van der Waals surface area (Å²) >= 11 is 7.14. The van der Waals surface area contributed by atoms with E-state index in [0.29, 0.717) is 15.6 Å². The SMILES string of the molecule is Cc1nnc(-c2cc(F)c3[nH]cc(C(=O)NCc4ccc(Cl)cc4)c(=O)c3c2)s1. The molecular weight excluding hydrogens is 415 g/mol. The van der Waals surface area contributed by atoms with Gasteiger partial charge in [0.15, 0.2) is 0 Å². The van der Waals surface area contributed by atoms with Gasteiger partial charge in [-0.3, -0.25) is 9.59 Å². The van der Waals surface area contributed by atoms with Crippen LogP contribution in [0.2, 0.25) is 5.02 Å². The zero-order valence-corrected chi connectivity index (χ0v) is 16.7. The van der Waals surface area contributed by atoms with E-state index in [0.717, 1.165) is 10.6 Å². The van der Waals surface area contributed by atoms with Crippen molar-refractivity contribution in [2.45, 2.75) is 13.5 Å². The van der Waals surface area contributed by atoms with Gasteiger partial charge in [0, 0.05) is 28.7 Å². The molecule has 6 nitrogen and oxygen atoms in total. The monoisotopic (exact) mass is 428 g/mol. The van der Waals surface area contributed by atoms with Gasteiger partial charge < -0.3 is 10.3 Å². The van der Waals surface area contributed by atoms with Crippen LogP contribution in [0.3, 0.4) is 0 Å². The lowest BCUT2D eigenvalue weighted by atomic mass is 10.1. The van der Waals surface area contributed by atoms with Crippen LogP contribution in [0.25, 0.3) is 21.5 Å². The number of hydrogen-bond donors (Lipinski definition) is 2. The van der Waals surface area contributed by atoms with Gasteiger partial charge in [-0.05, 0) is 36.8 Å². The van der Waals surface area contributed by atoms with Crippen LogP contribution >= 0.6 is 22.9 Å². The highest BCUT2D eigenvalue weighted by Gasteiger charge is 2.17. The first-order valence-electron chi connectivity index (χ1n) is 8.60. The minimum Gasteiger partial charge on any atom is -0.358 e. The van der Waals surface area contributed by atoms with Gasteiger partial charge in [-0.2, -0.15) is 0 Å². The van der Waals surface area contributed by atoms with Crippen LogP contribution in [-0.4, -0.2) is 21.1 Å². The molecule has 4 aromatic rings. The first-order chi connectivity index (χ1) is 13.9. The Morgan fingerprint density at radius 3 is 2.69 bits per heavy atom. The van der Waals surface area contributed by atoms with Crippen molar-refractivity contribution in [1.82, 2.24) is 20.5 Å². The summed E-state index contributed by atoms with van der Waals surface area (Å²) in [7, 11) is 0. The molecule has 4 rings (SSSR count). The zero-order chi connectivity index (χ0) is 20.5. The number of aromatic nitrogens is 3. The van der Waals surface area contributed by atoms with E-state index in [1.54, 1.807) is 31.2 Å². The van der Waals surface area contributed by atoms with Gasteiger partial charge in [-0.15, -0.1) is 10.2 Å². The molecule has 2 N–H and O–H groups in total. The second-order valence-corrected chi connectivity index (χ2v) is 7.97. The summed E-state index contributed by atoms with van der Waals surface area (Å²) in [5.41, 5.74) is 0.643. The Morgan fingerprint density at radius 1 is 1.24 bits per heavy atom. The molecule has 146 valence electrons. The van der Waals surface area contributed by atoms with Gasteiger partial charge in [0.05, 0.1) is 5.52 Å². The molecule has 0 spiro atoms. The number of fused-ring (bicyclic) bond motifs is 1. The number of carbonyl (C=O) groups excluding carboxylic acids is 1. The fraction of sp³-hybridized carbons (Fsp3) is 0.100. The van der Waals surface area contributed by atoms with E-state index in [1.165, 1.54) is 29.7 Å². The van der Waals surface area contributed by atoms with Crippen molar-refractivity contribution in [2.24, 2.45) is 0 Å². The molecule has 2 aromatic heterocycles. The molecule has 0 aliphatic rings. The van der Waals surface area contributed by atoms with Crippen molar-refractivity contribution in [3.8, 4) is 10.6 Å². The Balaban J connectivity index is 1.68. The number of carbonyl (C=O) groups is 1. The summed E-state index contributed by atoms with van der Waals surface area (Å²) in [5, 5.41) is 12.5. The number of hydrogen-bond acceptors (Lipinski definition) is 5. The van der Waals surface area contributed by atoms with E-state index in [9.17, 15) is 14.0 Å². The third-order valence-electron chi connectivity index (χ3n) is 4.32. The van der Waals surface area contributed by atoms with Crippen molar-refractivity contribution in [2.75, 3.05) is 0 Å². The van der Waals surface area contributed by atoms with Crippen molar-refractivity contribution < 1.29 is 9.18 Å². The molecule has 0 saturated heterocycles. The normalized spacial score (nSPS) is 11.0. The number of nitrogens with one attached hydrogen (secondary N) is 2. The average molecular weight is 429 g/mol. The summed E-state index contributed by atoms with van der Waals surface area (Å²) in [6, 6.07) is 9.79. The predicted octanol–water partition coefficient (Wildman–Crippen LogP) is 4.08. The first kappa shape index (κ1) is 19.2. The van der Waals surface area contributed by atoms with Gasteiger partial charge in [0.25, 0.3) is 5.91 Å². The molecule has 0 unspecified atom stereocenters. The number of benzene rings is 2. The molecule has 1 amide bonds. The molecule has 2 aromatic carbocycles. The Kier molecular flexibility index (Phi) is 5.12. The van der Waals surface area contributed by atoms with Crippen LogP contribution in [0.4, 0.5) is 4.39 Å². The largest absolute Gasteiger partial charge is 0.358 e. The highest BCUT2D eigenvalue weighted by molar-refractivity contribution is 7.14. The summed E-state index contributed by atoms with van der Waals surface area (Å²) in [6.07, 6.45) is 1.22. The smallest absolute Gasteiger partial charge is 0.257 e. The van der Waals surface area contributed by atoms with E-state index in [2.05, 4.69) is 20.5 Å². The van der Waals surface area contributed by atoms with Crippen LogP contribution in [0.15, 0.2) is 47.4 Å². The third-order valence-corrected chi connectivity index (χ3v) is 5.46. The molecule has 0 atom stereocenters. The molecule has 0 saturated carbocycles.